The molecule has 0 amide bonds. The molecule has 3 aromatic rings. The second-order valence-electron chi connectivity index (χ2n) is 8.94. The fourth-order valence-corrected chi connectivity index (χ4v) is 4.90. The van der Waals surface area contributed by atoms with Gasteiger partial charge in [0.2, 0.25) is 0 Å². The number of ketones is 1. The summed E-state index contributed by atoms with van der Waals surface area (Å²) in [4.78, 5) is 12.6. The molecule has 0 N–H and O–H groups in total. The van der Waals surface area contributed by atoms with E-state index in [-0.39, 0.29) is 17.5 Å². The van der Waals surface area contributed by atoms with E-state index in [1.165, 1.54) is 74.1 Å². The van der Waals surface area contributed by atoms with Gasteiger partial charge in [0.1, 0.15) is 0 Å². The van der Waals surface area contributed by atoms with Crippen molar-refractivity contribution in [3.8, 4) is 0 Å². The van der Waals surface area contributed by atoms with Crippen LogP contribution in [0.3, 0.4) is 0 Å². The highest BCUT2D eigenvalue weighted by atomic mass is 32.1. The molecule has 2 heteroatoms. The number of rotatable bonds is 14. The first kappa shape index (κ1) is 24.6. The van der Waals surface area contributed by atoms with Crippen molar-refractivity contribution in [3.05, 3.63) is 83.4 Å². The lowest BCUT2D eigenvalue weighted by atomic mass is 9.83. The first-order chi connectivity index (χ1) is 15.7. The highest BCUT2D eigenvalue weighted by Crippen LogP contribution is 2.34. The number of carbonyl (C=O) groups is 1. The van der Waals surface area contributed by atoms with E-state index in [0.717, 1.165) is 17.5 Å². The largest absolute Gasteiger partial charge is 0.293 e. The number of fused-ring (bicyclic) bond motifs is 1. The van der Waals surface area contributed by atoms with Gasteiger partial charge in [-0.15, -0.1) is 0 Å². The molecule has 0 saturated carbocycles. The monoisotopic (exact) mass is 446 g/mol. The van der Waals surface area contributed by atoms with Gasteiger partial charge < -0.3 is 0 Å². The quantitative estimate of drug-likeness (QED) is 0.148. The predicted molar refractivity (Wildman–Crippen MR) is 142 cm³/mol. The van der Waals surface area contributed by atoms with Crippen molar-refractivity contribution >= 4 is 29.2 Å². The van der Waals surface area contributed by atoms with E-state index in [4.69, 9.17) is 0 Å². The molecular formula is C30H38OS. The first-order valence-corrected chi connectivity index (χ1v) is 13.1. The van der Waals surface area contributed by atoms with Crippen LogP contribution in [0.25, 0.3) is 10.8 Å². The summed E-state index contributed by atoms with van der Waals surface area (Å²) >= 11 is 4.27. The second kappa shape index (κ2) is 13.5. The van der Waals surface area contributed by atoms with Gasteiger partial charge in [0.05, 0.1) is 5.75 Å². The predicted octanol–water partition coefficient (Wildman–Crippen LogP) is 9.01. The summed E-state index contributed by atoms with van der Waals surface area (Å²) in [7, 11) is 0. The number of unbranched alkanes of at least 4 members (excludes halogenated alkanes) is 8. The number of benzene rings is 3. The smallest absolute Gasteiger partial charge is 0.172 e. The number of Topliss-reactive ketones (excluding diaryl/α,β-unsaturated/α-hetero) is 1. The molecule has 1 nitrogen and oxygen atoms in total. The highest BCUT2D eigenvalue weighted by Gasteiger charge is 2.20. The third-order valence-electron chi connectivity index (χ3n) is 6.55. The Bertz CT molecular complexity index is 977. The lowest BCUT2D eigenvalue weighted by molar-refractivity contribution is 0.102. The van der Waals surface area contributed by atoms with Gasteiger partial charge in [0.25, 0.3) is 0 Å². The van der Waals surface area contributed by atoms with Gasteiger partial charge in [-0.05, 0) is 28.3 Å². The Balaban J connectivity index is 1.73. The van der Waals surface area contributed by atoms with Crippen molar-refractivity contribution in [2.24, 2.45) is 0 Å². The van der Waals surface area contributed by atoms with E-state index in [1.54, 1.807) is 0 Å². The van der Waals surface area contributed by atoms with E-state index < -0.39 is 0 Å². The molecule has 0 spiro atoms. The minimum atomic E-state index is 0.113. The van der Waals surface area contributed by atoms with E-state index in [1.807, 2.05) is 12.1 Å². The SMILES string of the molecule is CCCCCCCCCCCC(c1ccc2ccccc2c1)c1ccccc1C(=O)CS. The van der Waals surface area contributed by atoms with Crippen LogP contribution in [-0.4, -0.2) is 11.5 Å². The lowest BCUT2D eigenvalue weighted by Crippen LogP contribution is -2.10. The zero-order valence-electron chi connectivity index (χ0n) is 19.6. The van der Waals surface area contributed by atoms with E-state index in [2.05, 4.69) is 74.1 Å². The number of hydrogen-bond acceptors (Lipinski definition) is 2. The molecule has 3 rings (SSSR count). The van der Waals surface area contributed by atoms with Gasteiger partial charge >= 0.3 is 0 Å². The molecule has 0 heterocycles. The highest BCUT2D eigenvalue weighted by molar-refractivity contribution is 7.81. The number of hydrogen-bond donors (Lipinski definition) is 1. The number of thiol groups is 1. The van der Waals surface area contributed by atoms with Crippen molar-refractivity contribution in [2.45, 2.75) is 77.0 Å². The minimum Gasteiger partial charge on any atom is -0.293 e. The Labute approximate surface area is 200 Å². The van der Waals surface area contributed by atoms with Crippen LogP contribution in [0, 0.1) is 0 Å². The van der Waals surface area contributed by atoms with Crippen LogP contribution in [0.15, 0.2) is 66.7 Å². The van der Waals surface area contributed by atoms with E-state index in [9.17, 15) is 4.79 Å². The summed E-state index contributed by atoms with van der Waals surface area (Å²) in [6, 6.07) is 23.5. The van der Waals surface area contributed by atoms with E-state index in [0.29, 0.717) is 0 Å². The van der Waals surface area contributed by atoms with Crippen LogP contribution in [0.1, 0.15) is 98.5 Å². The molecule has 32 heavy (non-hydrogen) atoms. The Morgan fingerprint density at radius 2 is 1.38 bits per heavy atom. The maximum Gasteiger partial charge on any atom is 0.172 e. The van der Waals surface area contributed by atoms with Crippen molar-refractivity contribution < 1.29 is 4.79 Å². The van der Waals surface area contributed by atoms with Crippen LogP contribution >= 0.6 is 12.6 Å². The Morgan fingerprint density at radius 1 is 0.750 bits per heavy atom. The normalized spacial score (nSPS) is 12.2. The zero-order chi connectivity index (χ0) is 22.6. The minimum absolute atomic E-state index is 0.113. The summed E-state index contributed by atoms with van der Waals surface area (Å²) in [6.07, 6.45) is 13.0. The fourth-order valence-electron chi connectivity index (χ4n) is 4.73. The molecule has 0 fully saturated rings. The van der Waals surface area contributed by atoms with Crippen LogP contribution < -0.4 is 0 Å². The Hall–Kier alpha value is -2.06. The van der Waals surface area contributed by atoms with Crippen LogP contribution in [-0.2, 0) is 0 Å². The first-order valence-electron chi connectivity index (χ1n) is 12.5. The number of carbonyl (C=O) groups excluding carboxylic acids is 1. The van der Waals surface area contributed by atoms with Gasteiger partial charge in [-0.2, -0.15) is 12.6 Å². The summed E-state index contributed by atoms with van der Waals surface area (Å²) < 4.78 is 0. The molecule has 1 atom stereocenters. The molecule has 0 radical (unpaired) electrons. The van der Waals surface area contributed by atoms with Crippen LogP contribution in [0.2, 0.25) is 0 Å². The summed E-state index contributed by atoms with van der Waals surface area (Å²) in [5.41, 5.74) is 3.29. The Morgan fingerprint density at radius 3 is 2.09 bits per heavy atom. The average molecular weight is 447 g/mol. The molecule has 0 aromatic heterocycles. The van der Waals surface area contributed by atoms with Crippen molar-refractivity contribution in [3.63, 3.8) is 0 Å². The fraction of sp³-hybridized carbons (Fsp3) is 0.433. The van der Waals surface area contributed by atoms with Gasteiger partial charge in [0, 0.05) is 11.5 Å². The topological polar surface area (TPSA) is 17.1 Å². The second-order valence-corrected chi connectivity index (χ2v) is 9.26. The van der Waals surface area contributed by atoms with Crippen LogP contribution in [0.4, 0.5) is 0 Å². The van der Waals surface area contributed by atoms with Crippen molar-refractivity contribution in [1.29, 1.82) is 0 Å². The van der Waals surface area contributed by atoms with Crippen molar-refractivity contribution in [1.82, 2.24) is 0 Å². The maximum absolute atomic E-state index is 12.6. The van der Waals surface area contributed by atoms with Gasteiger partial charge in [-0.3, -0.25) is 4.79 Å². The van der Waals surface area contributed by atoms with Crippen LogP contribution in [0.5, 0.6) is 0 Å². The molecule has 0 aliphatic heterocycles. The molecule has 3 aromatic carbocycles. The Kier molecular flexibility index (Phi) is 10.4. The molecule has 0 aliphatic rings. The molecule has 1 unspecified atom stereocenters. The third kappa shape index (κ3) is 6.97. The molecule has 170 valence electrons. The average Bonchev–Trinajstić information content (AvgIpc) is 2.84. The molecule has 0 saturated heterocycles. The molecule has 0 bridgehead atoms. The lowest BCUT2D eigenvalue weighted by Gasteiger charge is -2.21. The molecular weight excluding hydrogens is 408 g/mol. The zero-order valence-corrected chi connectivity index (χ0v) is 20.5. The molecule has 0 aliphatic carbocycles. The van der Waals surface area contributed by atoms with Gasteiger partial charge in [0.15, 0.2) is 5.78 Å². The summed E-state index contributed by atoms with van der Waals surface area (Å²) in [6.45, 7) is 2.27. The third-order valence-corrected chi connectivity index (χ3v) is 6.84. The summed E-state index contributed by atoms with van der Waals surface area (Å²) in [5, 5.41) is 2.53. The van der Waals surface area contributed by atoms with E-state index >= 15 is 0 Å². The standard InChI is InChI=1S/C30H38OS/c1-2-3-4-5-6-7-8-9-10-17-27(28-18-13-14-19-29(28)30(31)23-32)26-21-20-24-15-11-12-16-25(24)22-26/h11-16,18-22,27,32H,2-10,17,23H2,1H3. The van der Waals surface area contributed by atoms with Crippen molar-refractivity contribution in [2.75, 3.05) is 5.75 Å². The van der Waals surface area contributed by atoms with Gasteiger partial charge in [-0.1, -0.05) is 131 Å². The summed E-state index contributed by atoms with van der Waals surface area (Å²) in [5.74, 6) is 0.602. The maximum atomic E-state index is 12.6. The van der Waals surface area contributed by atoms with Gasteiger partial charge in [-0.25, -0.2) is 0 Å².